The van der Waals surface area contributed by atoms with Crippen LogP contribution < -0.4 is 0 Å². The van der Waals surface area contributed by atoms with Crippen LogP contribution in [0.3, 0.4) is 0 Å². The number of aliphatic hydroxyl groups excluding tert-OH is 8. The van der Waals surface area contributed by atoms with Crippen molar-refractivity contribution in [2.75, 3.05) is 26.3 Å². The normalized spacial score (nSPS) is 35.5. The van der Waals surface area contributed by atoms with Crippen LogP contribution in [0, 0.1) is 23.7 Å². The number of fused-ring (bicyclic) bond motifs is 5. The third-order valence-electron chi connectivity index (χ3n) is 9.42. The monoisotopic (exact) mass is 733 g/mol. The van der Waals surface area contributed by atoms with Gasteiger partial charge < -0.3 is 50.3 Å². The molecule has 2 aromatic carbocycles. The molecule has 3 heterocycles. The van der Waals surface area contributed by atoms with Gasteiger partial charge >= 0.3 is 0 Å². The van der Waals surface area contributed by atoms with Crippen LogP contribution in [0.4, 0.5) is 0 Å². The summed E-state index contributed by atoms with van der Waals surface area (Å²) in [5, 5.41) is 80.3. The van der Waals surface area contributed by atoms with E-state index in [0.717, 1.165) is 48.2 Å². The number of ether oxygens (including phenoxy) is 2. The van der Waals surface area contributed by atoms with Gasteiger partial charge in [0.05, 0.1) is 13.2 Å². The number of hydrogen-bond acceptors (Lipinski definition) is 11. The molecule has 3 fully saturated rings. The molecule has 8 N–H and O–H groups in total. The van der Waals surface area contributed by atoms with Crippen LogP contribution in [-0.2, 0) is 14.9 Å². The van der Waals surface area contributed by atoms with E-state index in [-0.39, 0.29) is 5.41 Å². The SMILES string of the molecule is OCC1O[C@H](C#Cc2ccc3c(c2)C2(CCN(I)CC2)c2cc(C#C[C@H]4O[C@H](CO)[C@@H](O)[C@H](O)[C@@H]4O)ccc2-3)[C@@H](O)[C@@H](O)[C@@H]1O. The van der Waals surface area contributed by atoms with Gasteiger partial charge in [-0.05, 0) is 59.4 Å². The molecular weight excluding hydrogens is 697 g/mol. The summed E-state index contributed by atoms with van der Waals surface area (Å²) in [6, 6.07) is 11.9. The van der Waals surface area contributed by atoms with Crippen LogP contribution in [0.25, 0.3) is 11.1 Å². The van der Waals surface area contributed by atoms with Gasteiger partial charge in [-0.1, -0.05) is 35.8 Å². The molecule has 2 aromatic rings. The highest BCUT2D eigenvalue weighted by Gasteiger charge is 2.46. The second-order valence-corrected chi connectivity index (χ2v) is 13.4. The number of nitrogens with zero attached hydrogens (tertiary/aromatic N) is 1. The molecule has 3 saturated heterocycles. The summed E-state index contributed by atoms with van der Waals surface area (Å²) < 4.78 is 13.4. The average Bonchev–Trinajstić information content (AvgIpc) is 3.31. The second-order valence-electron chi connectivity index (χ2n) is 12.1. The molecule has 12 heteroatoms. The van der Waals surface area contributed by atoms with Crippen molar-refractivity contribution in [3.63, 3.8) is 0 Å². The predicted octanol–water partition coefficient (Wildman–Crippen LogP) is -1.21. The molecule has 10 atom stereocenters. The Labute approximate surface area is 274 Å². The average molecular weight is 734 g/mol. The highest BCUT2D eigenvalue weighted by atomic mass is 127. The maximum absolute atomic E-state index is 10.4. The van der Waals surface area contributed by atoms with Gasteiger partial charge in [0, 0.05) is 52.5 Å². The van der Waals surface area contributed by atoms with Crippen LogP contribution in [0.5, 0.6) is 0 Å². The highest BCUT2D eigenvalue weighted by molar-refractivity contribution is 14.1. The Kier molecular flexibility index (Phi) is 9.58. The summed E-state index contributed by atoms with van der Waals surface area (Å²) in [5.41, 5.74) is 5.49. The molecule has 1 spiro atoms. The molecule has 0 amide bonds. The minimum Gasteiger partial charge on any atom is -0.394 e. The van der Waals surface area contributed by atoms with Gasteiger partial charge in [-0.3, -0.25) is 0 Å². The first kappa shape index (κ1) is 32.8. The summed E-state index contributed by atoms with van der Waals surface area (Å²) in [7, 11) is 0. The zero-order chi connectivity index (χ0) is 32.0. The van der Waals surface area contributed by atoms with Gasteiger partial charge in [0.2, 0.25) is 0 Å². The molecule has 0 aromatic heterocycles. The van der Waals surface area contributed by atoms with Gasteiger partial charge in [0.1, 0.15) is 61.0 Å². The number of piperidine rings is 1. The molecule has 0 radical (unpaired) electrons. The quantitative estimate of drug-likeness (QED) is 0.105. The number of aliphatic hydroxyl groups is 8. The van der Waals surface area contributed by atoms with E-state index in [1.807, 2.05) is 24.3 Å². The van der Waals surface area contributed by atoms with Crippen molar-refractivity contribution in [2.45, 2.75) is 79.3 Å². The smallest absolute Gasteiger partial charge is 0.147 e. The van der Waals surface area contributed by atoms with Crippen molar-refractivity contribution in [3.05, 3.63) is 58.7 Å². The van der Waals surface area contributed by atoms with E-state index in [4.69, 9.17) is 9.47 Å². The molecule has 1 unspecified atom stereocenters. The van der Waals surface area contributed by atoms with E-state index >= 15 is 0 Å². The second kappa shape index (κ2) is 13.2. The third-order valence-corrected chi connectivity index (χ3v) is 10.4. The van der Waals surface area contributed by atoms with Crippen LogP contribution in [0.15, 0.2) is 36.4 Å². The molecule has 0 saturated carbocycles. The molecular formula is C33H36INO10. The number of hydrogen-bond donors (Lipinski definition) is 8. The Bertz CT molecular complexity index is 1430. The third kappa shape index (κ3) is 5.93. The fourth-order valence-electron chi connectivity index (χ4n) is 6.80. The number of halogens is 1. The first-order valence-corrected chi connectivity index (χ1v) is 15.9. The van der Waals surface area contributed by atoms with Crippen molar-refractivity contribution in [3.8, 4) is 34.8 Å². The zero-order valence-corrected chi connectivity index (χ0v) is 26.4. The molecule has 6 rings (SSSR count). The van der Waals surface area contributed by atoms with Crippen molar-refractivity contribution in [1.82, 2.24) is 3.11 Å². The lowest BCUT2D eigenvalue weighted by atomic mass is 9.71. The van der Waals surface area contributed by atoms with E-state index in [1.165, 1.54) is 0 Å². The highest BCUT2D eigenvalue weighted by Crippen LogP contribution is 2.54. The molecule has 4 aliphatic rings. The summed E-state index contributed by atoms with van der Waals surface area (Å²) >= 11 is 2.34. The largest absolute Gasteiger partial charge is 0.394 e. The first-order valence-electron chi connectivity index (χ1n) is 14.9. The fourth-order valence-corrected chi connectivity index (χ4v) is 7.28. The van der Waals surface area contributed by atoms with Crippen LogP contribution in [0.2, 0.25) is 0 Å². The lowest BCUT2D eigenvalue weighted by Gasteiger charge is -2.39. The van der Waals surface area contributed by atoms with Gasteiger partial charge in [-0.25, -0.2) is 3.11 Å². The molecule has 240 valence electrons. The molecule has 11 nitrogen and oxygen atoms in total. The van der Waals surface area contributed by atoms with E-state index in [9.17, 15) is 40.9 Å². The Morgan fingerprint density at radius 1 is 0.667 bits per heavy atom. The van der Waals surface area contributed by atoms with Crippen LogP contribution in [0.1, 0.15) is 35.1 Å². The maximum atomic E-state index is 10.4. The van der Waals surface area contributed by atoms with Gasteiger partial charge in [-0.15, -0.1) is 0 Å². The Hall–Kier alpha value is -2.15. The lowest BCUT2D eigenvalue weighted by Crippen LogP contribution is -2.58. The summed E-state index contributed by atoms with van der Waals surface area (Å²) in [6.07, 6.45) is -11.3. The fraction of sp³-hybridized carbons (Fsp3) is 0.515. The summed E-state index contributed by atoms with van der Waals surface area (Å²) in [6.45, 7) is 0.679. The molecule has 1 aliphatic carbocycles. The summed E-state index contributed by atoms with van der Waals surface area (Å²) in [4.78, 5) is 0. The van der Waals surface area contributed by atoms with Crippen molar-refractivity contribution in [2.24, 2.45) is 0 Å². The van der Waals surface area contributed by atoms with Gasteiger partial charge in [0.25, 0.3) is 0 Å². The summed E-state index contributed by atoms with van der Waals surface area (Å²) in [5.74, 6) is 11.9. The van der Waals surface area contributed by atoms with Crippen molar-refractivity contribution >= 4 is 22.9 Å². The zero-order valence-electron chi connectivity index (χ0n) is 24.2. The minimum absolute atomic E-state index is 0.312. The molecule has 45 heavy (non-hydrogen) atoms. The first-order chi connectivity index (χ1) is 21.6. The van der Waals surface area contributed by atoms with Crippen LogP contribution >= 0.6 is 22.9 Å². The Morgan fingerprint density at radius 2 is 1.09 bits per heavy atom. The van der Waals surface area contributed by atoms with E-state index in [1.54, 1.807) is 0 Å². The minimum atomic E-state index is -1.50. The maximum Gasteiger partial charge on any atom is 0.147 e. The molecule has 0 bridgehead atoms. The van der Waals surface area contributed by atoms with Crippen molar-refractivity contribution < 1.29 is 50.3 Å². The standard InChI is InChI=1S/C33H36INO10/c34-35-11-9-33(10-12-35)21-13-17(3-7-23-27(38)31(42)29(40)25(15-36)44-23)1-5-19(21)20-6-2-18(14-22(20)33)4-8-24-28(39)32(43)30(41)26(16-37)45-24/h1-2,5-6,13-14,23-32,36-43H,9-12,15-16H2/t23-,24-,25-,26?,27-,28-,29-,30-,31-,32-/m1/s1. The lowest BCUT2D eigenvalue weighted by molar-refractivity contribution is -0.214. The predicted molar refractivity (Wildman–Crippen MR) is 169 cm³/mol. The molecule has 3 aliphatic heterocycles. The number of benzene rings is 2. The van der Waals surface area contributed by atoms with Crippen LogP contribution in [-0.4, -0.2) is 131 Å². The van der Waals surface area contributed by atoms with E-state index < -0.39 is 74.3 Å². The Balaban J connectivity index is 1.32. The topological polar surface area (TPSA) is 184 Å². The van der Waals surface area contributed by atoms with E-state index in [2.05, 4.69) is 61.8 Å². The van der Waals surface area contributed by atoms with Crippen molar-refractivity contribution in [1.29, 1.82) is 0 Å². The Morgan fingerprint density at radius 3 is 1.49 bits per heavy atom. The van der Waals surface area contributed by atoms with Gasteiger partial charge in [-0.2, -0.15) is 0 Å². The van der Waals surface area contributed by atoms with Gasteiger partial charge in [0.15, 0.2) is 0 Å². The van der Waals surface area contributed by atoms with E-state index in [0.29, 0.717) is 11.1 Å². The number of rotatable bonds is 2.